The molecule has 2 aliphatic heterocycles. The number of carbonyl (C=O) groups is 4. The Labute approximate surface area is 311 Å². The molecule has 6 rings (SSSR count). The molecule has 1 fully saturated rings. The molecule has 0 spiro atoms. The highest BCUT2D eigenvalue weighted by Crippen LogP contribution is 2.53. The molecular formula is C36H28O20. The normalized spacial score (nSPS) is 20.7. The molecule has 56 heavy (non-hydrogen) atoms. The Hall–Kier alpha value is -7.58. The van der Waals surface area contributed by atoms with Gasteiger partial charge in [-0.1, -0.05) is 12.1 Å². The van der Waals surface area contributed by atoms with Crippen LogP contribution in [0.4, 0.5) is 0 Å². The van der Waals surface area contributed by atoms with Gasteiger partial charge in [0.2, 0.25) is 17.8 Å². The fourth-order valence-corrected chi connectivity index (χ4v) is 5.76. The van der Waals surface area contributed by atoms with E-state index in [-0.39, 0.29) is 5.75 Å². The Bertz CT molecular complexity index is 2270. The lowest BCUT2D eigenvalue weighted by molar-refractivity contribution is -0.289. The molecule has 4 aromatic rings. The number of phenolic OH excluding ortho intramolecular Hbond substituents is 10. The number of ether oxygens (including phenoxy) is 5. The molecule has 4 aromatic carbocycles. The van der Waals surface area contributed by atoms with Crippen molar-refractivity contribution < 1.29 is 99.0 Å². The maximum atomic E-state index is 14.0. The van der Waals surface area contributed by atoms with Crippen molar-refractivity contribution in [3.05, 3.63) is 76.9 Å². The third kappa shape index (κ3) is 7.07. The van der Waals surface area contributed by atoms with Crippen molar-refractivity contribution >= 4 is 30.0 Å². The van der Waals surface area contributed by atoms with E-state index < -0.39 is 141 Å². The van der Waals surface area contributed by atoms with Crippen LogP contribution in [0.5, 0.6) is 57.5 Å². The molecule has 0 radical (unpaired) electrons. The van der Waals surface area contributed by atoms with Gasteiger partial charge in [-0.3, -0.25) is 0 Å². The predicted octanol–water partition coefficient (Wildman–Crippen LogP) is 1.67. The number of aliphatic hydroxyl groups is 1. The van der Waals surface area contributed by atoms with Crippen LogP contribution in [0.25, 0.3) is 17.2 Å². The fraction of sp³-hybridized carbons (Fsp3) is 0.167. The molecule has 20 nitrogen and oxygen atoms in total. The maximum absolute atomic E-state index is 14.0. The van der Waals surface area contributed by atoms with Crippen molar-refractivity contribution in [3.63, 3.8) is 0 Å². The minimum atomic E-state index is -2.28. The van der Waals surface area contributed by atoms with E-state index in [4.69, 9.17) is 23.7 Å². The topological polar surface area (TPSA) is 337 Å². The van der Waals surface area contributed by atoms with Gasteiger partial charge in [-0.2, -0.15) is 0 Å². The van der Waals surface area contributed by atoms with E-state index in [1.165, 1.54) is 30.3 Å². The molecule has 0 amide bonds. The quantitative estimate of drug-likeness (QED) is 0.0593. The number of aliphatic hydroxyl groups excluding tert-OH is 1. The van der Waals surface area contributed by atoms with E-state index in [9.17, 15) is 75.3 Å². The number of carbonyl (C=O) groups excluding carboxylic acids is 4. The van der Waals surface area contributed by atoms with Crippen molar-refractivity contribution in [2.24, 2.45) is 0 Å². The second kappa shape index (κ2) is 14.7. The Morgan fingerprint density at radius 2 is 1.21 bits per heavy atom. The van der Waals surface area contributed by atoms with Crippen molar-refractivity contribution in [1.29, 1.82) is 0 Å². The highest BCUT2D eigenvalue weighted by molar-refractivity contribution is 6.08. The van der Waals surface area contributed by atoms with Gasteiger partial charge in [-0.25, -0.2) is 19.2 Å². The van der Waals surface area contributed by atoms with Gasteiger partial charge in [-0.05, 0) is 48.0 Å². The number of esters is 4. The molecule has 11 N–H and O–H groups in total. The summed E-state index contributed by atoms with van der Waals surface area (Å²) >= 11 is 0. The highest BCUT2D eigenvalue weighted by Gasteiger charge is 2.52. The smallest absolute Gasteiger partial charge is 0.339 e. The summed E-state index contributed by atoms with van der Waals surface area (Å²) in [6, 6.07) is 7.89. The monoisotopic (exact) mass is 780 g/mol. The second-order valence-corrected chi connectivity index (χ2v) is 12.1. The average molecular weight is 781 g/mol. The van der Waals surface area contributed by atoms with Crippen molar-refractivity contribution in [3.8, 4) is 68.6 Å². The highest BCUT2D eigenvalue weighted by atomic mass is 16.7. The number of hydrogen-bond acceptors (Lipinski definition) is 20. The van der Waals surface area contributed by atoms with Gasteiger partial charge < -0.3 is 79.9 Å². The van der Waals surface area contributed by atoms with E-state index in [0.717, 1.165) is 6.08 Å². The third-order valence-electron chi connectivity index (χ3n) is 8.52. The Kier molecular flexibility index (Phi) is 10.0. The van der Waals surface area contributed by atoms with E-state index in [1.807, 2.05) is 0 Å². The van der Waals surface area contributed by atoms with E-state index in [2.05, 4.69) is 0 Å². The second-order valence-electron chi connectivity index (χ2n) is 12.1. The van der Waals surface area contributed by atoms with Crippen LogP contribution in [0.15, 0.2) is 54.6 Å². The molecule has 1 saturated heterocycles. The molecule has 5 atom stereocenters. The lowest BCUT2D eigenvalue weighted by atomic mass is 9.92. The fourth-order valence-electron chi connectivity index (χ4n) is 5.76. The summed E-state index contributed by atoms with van der Waals surface area (Å²) in [7, 11) is 0. The molecule has 0 unspecified atom stereocenters. The largest absolute Gasteiger partial charge is 0.508 e. The zero-order valence-electron chi connectivity index (χ0n) is 28.0. The zero-order chi connectivity index (χ0) is 40.7. The molecule has 0 aliphatic carbocycles. The molecule has 0 aromatic heterocycles. The Morgan fingerprint density at radius 1 is 0.679 bits per heavy atom. The van der Waals surface area contributed by atoms with Crippen molar-refractivity contribution in [2.75, 3.05) is 6.61 Å². The zero-order valence-corrected chi connectivity index (χ0v) is 28.0. The standard InChI is InChI=1S/C36H28O20/c37-14-4-1-12(2-5-14)3-6-22(42)54-36-30(48)32(56-33(49)13-7-17(38)25(43)18(39)8-13)31-21(53-36)11-52-34(50)15-9-19(40)26(44)28(46)23(15)24-16(35(51)55-31)10-20(41)27(45)29(24)47/h1-10,21,30-32,36-41,43-48H,11H2/b6-3+/t21-,30-,31+,32+,36+/m1/s1. The number of fused-ring (bicyclic) bond motifs is 4. The van der Waals surface area contributed by atoms with Crippen LogP contribution in [0, 0.1) is 0 Å². The van der Waals surface area contributed by atoms with Gasteiger partial charge in [0.25, 0.3) is 0 Å². The first kappa shape index (κ1) is 38.2. The summed E-state index contributed by atoms with van der Waals surface area (Å²) in [6.07, 6.45) is -8.43. The summed E-state index contributed by atoms with van der Waals surface area (Å²) in [4.78, 5) is 53.8. The lowest BCUT2D eigenvalue weighted by Gasteiger charge is -2.42. The van der Waals surface area contributed by atoms with Gasteiger partial charge >= 0.3 is 23.9 Å². The summed E-state index contributed by atoms with van der Waals surface area (Å²) in [5.41, 5.74) is -3.91. The Balaban J connectivity index is 1.45. The van der Waals surface area contributed by atoms with Gasteiger partial charge in [0, 0.05) is 17.2 Å². The lowest BCUT2D eigenvalue weighted by Crippen LogP contribution is -2.62. The van der Waals surface area contributed by atoms with Gasteiger partial charge in [0.1, 0.15) is 18.5 Å². The number of hydrogen-bond donors (Lipinski definition) is 11. The van der Waals surface area contributed by atoms with Crippen molar-refractivity contribution in [2.45, 2.75) is 30.7 Å². The minimum absolute atomic E-state index is 0.0652. The molecule has 292 valence electrons. The van der Waals surface area contributed by atoms with Crippen LogP contribution in [0.3, 0.4) is 0 Å². The Morgan fingerprint density at radius 3 is 1.79 bits per heavy atom. The van der Waals surface area contributed by atoms with Gasteiger partial charge in [0.15, 0.2) is 58.6 Å². The number of aromatic hydroxyl groups is 10. The summed E-state index contributed by atoms with van der Waals surface area (Å²) in [5, 5.41) is 114. The van der Waals surface area contributed by atoms with Crippen LogP contribution in [-0.2, 0) is 28.5 Å². The first-order chi connectivity index (χ1) is 26.5. The molecule has 2 aliphatic rings. The number of cyclic esters (lactones) is 1. The predicted molar refractivity (Wildman–Crippen MR) is 180 cm³/mol. The summed E-state index contributed by atoms with van der Waals surface area (Å²) in [5.74, 6) is -16.3. The van der Waals surface area contributed by atoms with E-state index in [0.29, 0.717) is 29.8 Å². The van der Waals surface area contributed by atoms with Gasteiger partial charge in [-0.15, -0.1) is 0 Å². The van der Waals surface area contributed by atoms with Crippen LogP contribution >= 0.6 is 0 Å². The summed E-state index contributed by atoms with van der Waals surface area (Å²) < 4.78 is 27.3. The van der Waals surface area contributed by atoms with Crippen LogP contribution in [0.1, 0.15) is 36.6 Å². The van der Waals surface area contributed by atoms with E-state index >= 15 is 0 Å². The maximum Gasteiger partial charge on any atom is 0.339 e. The first-order valence-corrected chi connectivity index (χ1v) is 15.9. The minimum Gasteiger partial charge on any atom is -0.508 e. The summed E-state index contributed by atoms with van der Waals surface area (Å²) in [6.45, 7) is -1.03. The van der Waals surface area contributed by atoms with E-state index in [1.54, 1.807) is 0 Å². The third-order valence-corrected chi connectivity index (χ3v) is 8.52. The molecule has 0 saturated carbocycles. The van der Waals surface area contributed by atoms with Crippen LogP contribution in [0.2, 0.25) is 0 Å². The molecule has 2 heterocycles. The number of benzene rings is 4. The first-order valence-electron chi connectivity index (χ1n) is 15.9. The van der Waals surface area contributed by atoms with Crippen molar-refractivity contribution in [1.82, 2.24) is 0 Å². The SMILES string of the molecule is O=C(/C=C/c1ccc(O)cc1)O[C@@H]1O[C@@H]2COC(=O)c3cc(O)c(O)c(O)c3-c3c(cc(O)c(O)c3O)C(=O)O[C@@H]2[C@@H](OC(=O)c2cc(O)c(O)c(O)c2)[C@H]1O. The average Bonchev–Trinajstić information content (AvgIpc) is 3.17. The number of phenols is 10. The van der Waals surface area contributed by atoms with Crippen LogP contribution in [-0.4, -0.2) is 117 Å². The molecule has 20 heteroatoms. The molecular weight excluding hydrogens is 752 g/mol. The molecule has 0 bridgehead atoms. The van der Waals surface area contributed by atoms with Gasteiger partial charge in [0.05, 0.1) is 16.7 Å². The number of rotatable bonds is 5. The van der Waals surface area contributed by atoms with Crippen LogP contribution < -0.4 is 0 Å².